The number of anilines is 1. The summed E-state index contributed by atoms with van der Waals surface area (Å²) in [5.41, 5.74) is 10.5. The second kappa shape index (κ2) is 12.5. The molecule has 0 atom stereocenters. The monoisotopic (exact) mass is 573 g/mol. The molecule has 1 N–H and O–H groups in total. The number of hydrogen-bond donors (Lipinski definition) is 1. The number of fused-ring (bicyclic) bond motifs is 1. The molecule has 0 amide bonds. The first-order chi connectivity index (χ1) is 20.0. The number of aryl methyl sites for hydroxylation is 2. The Bertz CT molecular complexity index is 1460. The Morgan fingerprint density at radius 3 is 2.52 bits per heavy atom. The largest absolute Gasteiger partial charge is 0.481 e. The first-order valence-corrected chi connectivity index (χ1v) is 15.2. The lowest BCUT2D eigenvalue weighted by atomic mass is 9.81. The number of carbonyl (C=O) groups is 1. The fourth-order valence-electron chi connectivity index (χ4n) is 6.42. The van der Waals surface area contributed by atoms with Crippen LogP contribution in [0.1, 0.15) is 72.8 Å². The molecule has 1 aromatic heterocycles. The van der Waals surface area contributed by atoms with Crippen LogP contribution in [0.15, 0.2) is 36.4 Å². The van der Waals surface area contributed by atoms with Gasteiger partial charge < -0.3 is 14.7 Å². The number of hydrogen-bond acceptors (Lipinski definition) is 5. The summed E-state index contributed by atoms with van der Waals surface area (Å²) in [5.74, 6) is -1.04. The van der Waals surface area contributed by atoms with Crippen molar-refractivity contribution in [3.63, 3.8) is 0 Å². The van der Waals surface area contributed by atoms with Crippen molar-refractivity contribution < 1.29 is 19.0 Å². The predicted molar refractivity (Wildman–Crippen MR) is 165 cm³/mol. The molecule has 2 aliphatic rings. The third kappa shape index (κ3) is 6.68. The van der Waals surface area contributed by atoms with Crippen LogP contribution in [0.4, 0.5) is 10.1 Å². The maximum absolute atomic E-state index is 13.6. The Balaban J connectivity index is 1.54. The number of nitrogens with zero attached hydrogens (tertiary/aromatic N) is 3. The van der Waals surface area contributed by atoms with Crippen molar-refractivity contribution in [2.45, 2.75) is 80.0 Å². The van der Waals surface area contributed by atoms with E-state index in [0.29, 0.717) is 13.2 Å². The van der Waals surface area contributed by atoms with Crippen molar-refractivity contribution >= 4 is 11.7 Å². The highest BCUT2D eigenvalue weighted by atomic mass is 19.1. The molecule has 0 spiro atoms. The Labute approximate surface area is 249 Å². The van der Waals surface area contributed by atoms with Crippen LogP contribution in [0.2, 0.25) is 0 Å². The second-order valence-electron chi connectivity index (χ2n) is 12.7. The van der Waals surface area contributed by atoms with Gasteiger partial charge in [0.1, 0.15) is 5.82 Å². The smallest absolute Gasteiger partial charge is 0.307 e. The Kier molecular flexibility index (Phi) is 9.00. The van der Waals surface area contributed by atoms with Gasteiger partial charge in [0.15, 0.2) is 0 Å². The minimum atomic E-state index is -0.844. The summed E-state index contributed by atoms with van der Waals surface area (Å²) in [6, 6.07) is 11.7. The van der Waals surface area contributed by atoms with E-state index in [-0.39, 0.29) is 17.7 Å². The highest BCUT2D eigenvalue weighted by Crippen LogP contribution is 2.42. The quantitative estimate of drug-likeness (QED) is 0.302. The average Bonchev–Trinajstić information content (AvgIpc) is 2.94. The topological polar surface area (TPSA) is 65.9 Å². The summed E-state index contributed by atoms with van der Waals surface area (Å²) in [7, 11) is 0. The van der Waals surface area contributed by atoms with Crippen molar-refractivity contribution in [3.8, 4) is 11.1 Å². The molecule has 5 rings (SSSR count). The SMILES string of the molecule is CCOCc1nc(C)c(CC(=O)O)c(N2CCC(C)(C)CC2)c1-c1ccc2c(c1)CCN(Cc1ccc(F)cc1C)C2. The van der Waals surface area contributed by atoms with Crippen LogP contribution in [0, 0.1) is 25.1 Å². The molecular weight excluding hydrogens is 529 g/mol. The molecular formula is C35H44FN3O3. The van der Waals surface area contributed by atoms with E-state index in [9.17, 15) is 14.3 Å². The molecule has 6 nitrogen and oxygen atoms in total. The number of ether oxygens (including phenoxy) is 1. The summed E-state index contributed by atoms with van der Waals surface area (Å²) >= 11 is 0. The number of benzene rings is 2. The van der Waals surface area contributed by atoms with Gasteiger partial charge in [0.25, 0.3) is 0 Å². The van der Waals surface area contributed by atoms with Crippen LogP contribution in [0.3, 0.4) is 0 Å². The number of carboxylic acid groups (broad SMARTS) is 1. The Morgan fingerprint density at radius 2 is 1.83 bits per heavy atom. The van der Waals surface area contributed by atoms with Crippen molar-refractivity contribution in [2.24, 2.45) is 5.41 Å². The third-order valence-corrected chi connectivity index (χ3v) is 9.04. The Morgan fingerprint density at radius 1 is 1.07 bits per heavy atom. The van der Waals surface area contributed by atoms with Crippen molar-refractivity contribution in [2.75, 3.05) is 31.1 Å². The molecule has 2 aromatic carbocycles. The number of halogens is 1. The van der Waals surface area contributed by atoms with Gasteiger partial charge in [-0.3, -0.25) is 14.7 Å². The summed E-state index contributed by atoms with van der Waals surface area (Å²) in [6.45, 7) is 15.8. The van der Waals surface area contributed by atoms with E-state index in [1.165, 1.54) is 11.1 Å². The molecule has 3 aromatic rings. The van der Waals surface area contributed by atoms with Gasteiger partial charge in [-0.1, -0.05) is 38.1 Å². The summed E-state index contributed by atoms with van der Waals surface area (Å²) in [6.07, 6.45) is 2.96. The van der Waals surface area contributed by atoms with Gasteiger partial charge >= 0.3 is 5.97 Å². The highest BCUT2D eigenvalue weighted by molar-refractivity contribution is 5.86. The van der Waals surface area contributed by atoms with Crippen LogP contribution in [0.25, 0.3) is 11.1 Å². The maximum atomic E-state index is 13.6. The number of pyridine rings is 1. The maximum Gasteiger partial charge on any atom is 0.307 e. The molecule has 224 valence electrons. The van der Waals surface area contributed by atoms with E-state index >= 15 is 0 Å². The lowest BCUT2D eigenvalue weighted by Crippen LogP contribution is -2.38. The second-order valence-corrected chi connectivity index (χ2v) is 12.7. The van der Waals surface area contributed by atoms with E-state index in [0.717, 1.165) is 96.9 Å². The van der Waals surface area contributed by atoms with Crippen LogP contribution in [-0.4, -0.2) is 47.2 Å². The molecule has 0 unspecified atom stereocenters. The summed E-state index contributed by atoms with van der Waals surface area (Å²) < 4.78 is 19.5. The first-order valence-electron chi connectivity index (χ1n) is 15.2. The lowest BCUT2D eigenvalue weighted by Gasteiger charge is -2.40. The van der Waals surface area contributed by atoms with Crippen molar-refractivity contribution in [3.05, 3.63) is 81.4 Å². The van der Waals surface area contributed by atoms with Gasteiger partial charge in [0.05, 0.1) is 24.4 Å². The molecule has 1 saturated heterocycles. The minimum Gasteiger partial charge on any atom is -0.481 e. The third-order valence-electron chi connectivity index (χ3n) is 9.04. The van der Waals surface area contributed by atoms with Crippen LogP contribution >= 0.6 is 0 Å². The number of piperidine rings is 1. The van der Waals surface area contributed by atoms with Gasteiger partial charge in [-0.15, -0.1) is 0 Å². The zero-order chi connectivity index (χ0) is 30.0. The first kappa shape index (κ1) is 30.2. The van der Waals surface area contributed by atoms with Crippen LogP contribution < -0.4 is 4.90 Å². The summed E-state index contributed by atoms with van der Waals surface area (Å²) in [4.78, 5) is 21.8. The standard InChI is InChI=1S/C35H44FN3O3/c1-6-42-22-31-33(34(30(19-32(40)41)24(3)37-31)39-15-12-35(4,5)13-16-39)26-7-8-28-21-38(14-11-25(28)18-26)20-27-9-10-29(36)17-23(27)2/h7-10,17-18H,6,11-16,19-22H2,1-5H3,(H,40,41). The van der Waals surface area contributed by atoms with Gasteiger partial charge in [0, 0.05) is 56.2 Å². The zero-order valence-electron chi connectivity index (χ0n) is 25.7. The van der Waals surface area contributed by atoms with Gasteiger partial charge in [-0.05, 0) is 85.4 Å². The predicted octanol–water partition coefficient (Wildman–Crippen LogP) is 6.85. The van der Waals surface area contributed by atoms with Gasteiger partial charge in [-0.2, -0.15) is 0 Å². The van der Waals surface area contributed by atoms with E-state index < -0.39 is 5.97 Å². The molecule has 2 aliphatic heterocycles. The minimum absolute atomic E-state index is 0.0569. The lowest BCUT2D eigenvalue weighted by molar-refractivity contribution is -0.136. The summed E-state index contributed by atoms with van der Waals surface area (Å²) in [5, 5.41) is 9.89. The number of carboxylic acids is 1. The molecule has 0 radical (unpaired) electrons. The Hall–Kier alpha value is -3.29. The molecule has 3 heterocycles. The fourth-order valence-corrected chi connectivity index (χ4v) is 6.42. The fraction of sp³-hybridized carbons (Fsp3) is 0.486. The molecule has 0 aliphatic carbocycles. The van der Waals surface area contributed by atoms with Gasteiger partial charge in [0.2, 0.25) is 0 Å². The van der Waals surface area contributed by atoms with Crippen molar-refractivity contribution in [1.82, 2.24) is 9.88 Å². The molecule has 42 heavy (non-hydrogen) atoms. The number of aromatic nitrogens is 1. The average molecular weight is 574 g/mol. The van der Waals surface area contributed by atoms with Crippen LogP contribution in [0.5, 0.6) is 0 Å². The van der Waals surface area contributed by atoms with Gasteiger partial charge in [-0.25, -0.2) is 4.39 Å². The molecule has 0 bridgehead atoms. The normalized spacial score (nSPS) is 16.9. The molecule has 0 saturated carbocycles. The number of aliphatic carboxylic acids is 1. The van der Waals surface area contributed by atoms with E-state index in [2.05, 4.69) is 41.8 Å². The van der Waals surface area contributed by atoms with E-state index in [4.69, 9.17) is 9.72 Å². The molecule has 1 fully saturated rings. The highest BCUT2D eigenvalue weighted by Gasteiger charge is 2.31. The molecule has 7 heteroatoms. The van der Waals surface area contributed by atoms with E-state index in [1.54, 1.807) is 12.1 Å². The van der Waals surface area contributed by atoms with Crippen LogP contribution in [-0.2, 0) is 42.1 Å². The van der Waals surface area contributed by atoms with E-state index in [1.807, 2.05) is 26.8 Å². The zero-order valence-corrected chi connectivity index (χ0v) is 25.7. The number of rotatable bonds is 9. The van der Waals surface area contributed by atoms with Crippen molar-refractivity contribution in [1.29, 1.82) is 0 Å².